The summed E-state index contributed by atoms with van der Waals surface area (Å²) < 4.78 is 0. The van der Waals surface area contributed by atoms with Crippen LogP contribution in [0.5, 0.6) is 0 Å². The fourth-order valence-electron chi connectivity index (χ4n) is 2.48. The standard InChI is InChI=1S/C13H28N2O/c1-5-13(16,6-2)11-15-9-7-12(8-10-15)14(3)4/h12,16H,5-11H2,1-4H3. The van der Waals surface area contributed by atoms with Gasteiger partial charge in [0.05, 0.1) is 5.60 Å². The van der Waals surface area contributed by atoms with Crippen molar-refractivity contribution in [3.63, 3.8) is 0 Å². The highest BCUT2D eigenvalue weighted by atomic mass is 16.3. The minimum atomic E-state index is -0.467. The Morgan fingerprint density at radius 2 is 1.69 bits per heavy atom. The van der Waals surface area contributed by atoms with Crippen LogP contribution in [0.25, 0.3) is 0 Å². The Morgan fingerprint density at radius 3 is 2.06 bits per heavy atom. The van der Waals surface area contributed by atoms with Crippen molar-refractivity contribution in [2.45, 2.75) is 51.2 Å². The summed E-state index contributed by atoms with van der Waals surface area (Å²) in [5.74, 6) is 0. The lowest BCUT2D eigenvalue weighted by atomic mass is 9.95. The minimum absolute atomic E-state index is 0.467. The molecule has 1 aliphatic heterocycles. The van der Waals surface area contributed by atoms with Crippen molar-refractivity contribution in [3.05, 3.63) is 0 Å². The van der Waals surface area contributed by atoms with Crippen LogP contribution in [0.3, 0.4) is 0 Å². The van der Waals surface area contributed by atoms with Crippen LogP contribution in [-0.2, 0) is 0 Å². The molecule has 0 aromatic carbocycles. The summed E-state index contributed by atoms with van der Waals surface area (Å²) in [5, 5.41) is 10.3. The number of nitrogens with zero attached hydrogens (tertiary/aromatic N) is 2. The first-order valence-electron chi connectivity index (χ1n) is 6.62. The zero-order chi connectivity index (χ0) is 12.2. The lowest BCUT2D eigenvalue weighted by Crippen LogP contribution is -2.48. The topological polar surface area (TPSA) is 26.7 Å². The molecule has 0 unspecified atom stereocenters. The van der Waals surface area contributed by atoms with Gasteiger partial charge in [-0.2, -0.15) is 0 Å². The summed E-state index contributed by atoms with van der Waals surface area (Å²) >= 11 is 0. The van der Waals surface area contributed by atoms with Crippen molar-refractivity contribution in [2.75, 3.05) is 33.7 Å². The lowest BCUT2D eigenvalue weighted by Gasteiger charge is -2.39. The quantitative estimate of drug-likeness (QED) is 0.773. The highest BCUT2D eigenvalue weighted by Gasteiger charge is 2.28. The minimum Gasteiger partial charge on any atom is -0.389 e. The van der Waals surface area contributed by atoms with Crippen LogP contribution in [0.15, 0.2) is 0 Å². The van der Waals surface area contributed by atoms with E-state index >= 15 is 0 Å². The van der Waals surface area contributed by atoms with E-state index in [1.54, 1.807) is 0 Å². The van der Waals surface area contributed by atoms with E-state index in [4.69, 9.17) is 0 Å². The summed E-state index contributed by atoms with van der Waals surface area (Å²) in [6, 6.07) is 0.729. The monoisotopic (exact) mass is 228 g/mol. The Hall–Kier alpha value is -0.120. The van der Waals surface area contributed by atoms with E-state index < -0.39 is 5.60 Å². The SMILES string of the molecule is CCC(O)(CC)CN1CCC(N(C)C)CC1. The summed E-state index contributed by atoms with van der Waals surface area (Å²) in [6.45, 7) is 7.27. The molecular formula is C13H28N2O. The van der Waals surface area contributed by atoms with Crippen LogP contribution < -0.4 is 0 Å². The molecule has 0 atom stereocenters. The molecule has 1 fully saturated rings. The van der Waals surface area contributed by atoms with Crippen LogP contribution >= 0.6 is 0 Å². The lowest BCUT2D eigenvalue weighted by molar-refractivity contribution is -0.0131. The maximum atomic E-state index is 10.3. The van der Waals surface area contributed by atoms with Gasteiger partial charge in [-0.3, -0.25) is 0 Å². The predicted molar refractivity (Wildman–Crippen MR) is 68.7 cm³/mol. The summed E-state index contributed by atoms with van der Waals surface area (Å²) in [7, 11) is 4.32. The Balaban J connectivity index is 2.37. The first-order valence-corrected chi connectivity index (χ1v) is 6.62. The second-order valence-electron chi connectivity index (χ2n) is 5.40. The van der Waals surface area contributed by atoms with Crippen LogP contribution in [0.1, 0.15) is 39.5 Å². The van der Waals surface area contributed by atoms with Gasteiger partial charge in [-0.05, 0) is 52.9 Å². The van der Waals surface area contributed by atoms with Crippen molar-refractivity contribution in [3.8, 4) is 0 Å². The van der Waals surface area contributed by atoms with E-state index in [9.17, 15) is 5.11 Å². The van der Waals surface area contributed by atoms with Gasteiger partial charge < -0.3 is 14.9 Å². The van der Waals surface area contributed by atoms with Gasteiger partial charge in [-0.25, -0.2) is 0 Å². The molecule has 0 aromatic heterocycles. The van der Waals surface area contributed by atoms with Gasteiger partial charge in [0.25, 0.3) is 0 Å². The molecule has 16 heavy (non-hydrogen) atoms. The number of likely N-dealkylation sites (tertiary alicyclic amines) is 1. The molecule has 0 radical (unpaired) electrons. The first kappa shape index (κ1) is 13.9. The average Bonchev–Trinajstić information content (AvgIpc) is 2.29. The van der Waals surface area contributed by atoms with Gasteiger partial charge in [0.15, 0.2) is 0 Å². The van der Waals surface area contributed by atoms with Gasteiger partial charge in [0.1, 0.15) is 0 Å². The molecule has 0 aliphatic carbocycles. The van der Waals surface area contributed by atoms with Crippen LogP contribution in [-0.4, -0.2) is 60.3 Å². The summed E-state index contributed by atoms with van der Waals surface area (Å²) in [4.78, 5) is 4.75. The third-order valence-corrected chi connectivity index (χ3v) is 4.12. The molecule has 1 heterocycles. The van der Waals surface area contributed by atoms with Crippen molar-refractivity contribution in [1.82, 2.24) is 9.80 Å². The molecular weight excluding hydrogens is 200 g/mol. The van der Waals surface area contributed by atoms with Gasteiger partial charge in [0.2, 0.25) is 0 Å². The molecule has 96 valence electrons. The zero-order valence-corrected chi connectivity index (χ0v) is 11.4. The zero-order valence-electron chi connectivity index (χ0n) is 11.4. The van der Waals surface area contributed by atoms with Crippen molar-refractivity contribution in [2.24, 2.45) is 0 Å². The van der Waals surface area contributed by atoms with Crippen LogP contribution in [0, 0.1) is 0 Å². The number of hydrogen-bond acceptors (Lipinski definition) is 3. The fraction of sp³-hybridized carbons (Fsp3) is 1.00. The number of hydrogen-bond donors (Lipinski definition) is 1. The van der Waals surface area contributed by atoms with E-state index in [-0.39, 0.29) is 0 Å². The van der Waals surface area contributed by atoms with Crippen LogP contribution in [0.4, 0.5) is 0 Å². The molecule has 1 saturated heterocycles. The molecule has 0 saturated carbocycles. The third-order valence-electron chi connectivity index (χ3n) is 4.12. The highest BCUT2D eigenvalue weighted by molar-refractivity contribution is 4.84. The third kappa shape index (κ3) is 3.72. The molecule has 1 rings (SSSR count). The Labute approximate surface area is 100 Å². The maximum absolute atomic E-state index is 10.3. The normalized spacial score (nSPS) is 20.6. The molecule has 0 bridgehead atoms. The molecule has 3 nitrogen and oxygen atoms in total. The predicted octanol–water partition coefficient (Wildman–Crippen LogP) is 1.56. The van der Waals surface area contributed by atoms with Gasteiger partial charge in [-0.1, -0.05) is 13.8 Å². The fourth-order valence-corrected chi connectivity index (χ4v) is 2.48. The van der Waals surface area contributed by atoms with E-state index in [2.05, 4.69) is 37.7 Å². The highest BCUT2D eigenvalue weighted by Crippen LogP contribution is 2.20. The van der Waals surface area contributed by atoms with E-state index in [1.807, 2.05) is 0 Å². The Bertz CT molecular complexity index is 194. The summed E-state index contributed by atoms with van der Waals surface area (Å²) in [5.41, 5.74) is -0.467. The van der Waals surface area contributed by atoms with Gasteiger partial charge in [0, 0.05) is 12.6 Å². The smallest absolute Gasteiger partial charge is 0.0768 e. The van der Waals surface area contributed by atoms with E-state index in [0.29, 0.717) is 0 Å². The molecule has 0 spiro atoms. The van der Waals surface area contributed by atoms with E-state index in [0.717, 1.165) is 38.5 Å². The second-order valence-corrected chi connectivity index (χ2v) is 5.40. The van der Waals surface area contributed by atoms with Crippen LogP contribution in [0.2, 0.25) is 0 Å². The molecule has 3 heteroatoms. The summed E-state index contributed by atoms with van der Waals surface area (Å²) in [6.07, 6.45) is 4.18. The molecule has 1 N–H and O–H groups in total. The Morgan fingerprint density at radius 1 is 1.19 bits per heavy atom. The largest absolute Gasteiger partial charge is 0.389 e. The van der Waals surface area contributed by atoms with Gasteiger partial charge >= 0.3 is 0 Å². The number of aliphatic hydroxyl groups is 1. The average molecular weight is 228 g/mol. The van der Waals surface area contributed by atoms with Gasteiger partial charge in [-0.15, -0.1) is 0 Å². The van der Waals surface area contributed by atoms with E-state index in [1.165, 1.54) is 12.8 Å². The Kier molecular flexibility index (Phi) is 5.22. The number of piperidine rings is 1. The number of rotatable bonds is 5. The molecule has 0 aromatic rings. The molecule has 0 amide bonds. The van der Waals surface area contributed by atoms with Crippen molar-refractivity contribution < 1.29 is 5.11 Å². The van der Waals surface area contributed by atoms with Crippen molar-refractivity contribution >= 4 is 0 Å². The number of β-amino-alcohol motifs (C(OH)–C–C–N with tert-alkyl or cyclic N) is 1. The molecule has 1 aliphatic rings. The maximum Gasteiger partial charge on any atom is 0.0768 e. The van der Waals surface area contributed by atoms with Crippen molar-refractivity contribution in [1.29, 1.82) is 0 Å². The first-order chi connectivity index (χ1) is 7.50. The second kappa shape index (κ2) is 5.99.